The van der Waals surface area contributed by atoms with Gasteiger partial charge in [-0.25, -0.2) is 4.98 Å². The predicted molar refractivity (Wildman–Crippen MR) is 84.7 cm³/mol. The summed E-state index contributed by atoms with van der Waals surface area (Å²) in [7, 11) is 0. The van der Waals surface area contributed by atoms with Gasteiger partial charge in [0.25, 0.3) is 0 Å². The van der Waals surface area contributed by atoms with E-state index in [1.54, 1.807) is 11.3 Å². The average molecular weight is 305 g/mol. The first kappa shape index (κ1) is 14.0. The van der Waals surface area contributed by atoms with Gasteiger partial charge in [-0.3, -0.25) is 0 Å². The normalized spacial score (nSPS) is 16.1. The third kappa shape index (κ3) is 3.38. The molecule has 0 aromatic carbocycles. The first-order valence-corrected chi connectivity index (χ1v) is 8.00. The van der Waals surface area contributed by atoms with Gasteiger partial charge in [-0.2, -0.15) is 15.0 Å². The molecule has 1 unspecified atom stereocenters. The van der Waals surface area contributed by atoms with Gasteiger partial charge in [0.1, 0.15) is 0 Å². The molecule has 2 aromatic heterocycles. The van der Waals surface area contributed by atoms with Crippen molar-refractivity contribution < 1.29 is 0 Å². The molecule has 3 rings (SSSR count). The van der Waals surface area contributed by atoms with Gasteiger partial charge in [0, 0.05) is 37.1 Å². The third-order valence-electron chi connectivity index (χ3n) is 3.47. The number of nitrogens with zero attached hydrogens (tertiary/aromatic N) is 5. The van der Waals surface area contributed by atoms with Crippen LogP contribution in [0, 0.1) is 0 Å². The van der Waals surface area contributed by atoms with E-state index in [2.05, 4.69) is 37.1 Å². The summed E-state index contributed by atoms with van der Waals surface area (Å²) in [6.45, 7) is 4.81. The number of hydrogen-bond acceptors (Lipinski definition) is 8. The van der Waals surface area contributed by atoms with Crippen LogP contribution in [-0.2, 0) is 0 Å². The van der Waals surface area contributed by atoms with Crippen LogP contribution in [0.15, 0.2) is 11.6 Å². The zero-order valence-electron chi connectivity index (χ0n) is 12.0. The molecule has 112 valence electrons. The molecule has 3 heterocycles. The molecule has 0 saturated carbocycles. The molecule has 8 heteroatoms. The van der Waals surface area contributed by atoms with Crippen LogP contribution < -0.4 is 16.0 Å². The van der Waals surface area contributed by atoms with E-state index in [1.165, 1.54) is 12.8 Å². The van der Waals surface area contributed by atoms with E-state index in [-0.39, 0.29) is 5.95 Å². The lowest BCUT2D eigenvalue weighted by atomic mass is 10.2. The SMILES string of the molecule is CC(CNc1nc(N)nc(N2CCCC2)n1)c1nccs1. The molecule has 3 N–H and O–H groups in total. The highest BCUT2D eigenvalue weighted by atomic mass is 32.1. The van der Waals surface area contributed by atoms with Crippen LogP contribution in [0.2, 0.25) is 0 Å². The highest BCUT2D eigenvalue weighted by Gasteiger charge is 2.17. The fourth-order valence-corrected chi connectivity index (χ4v) is 3.03. The number of rotatable bonds is 5. The third-order valence-corrected chi connectivity index (χ3v) is 4.48. The van der Waals surface area contributed by atoms with E-state index < -0.39 is 0 Å². The summed E-state index contributed by atoms with van der Waals surface area (Å²) >= 11 is 1.66. The molecule has 1 atom stereocenters. The molecular formula is C13H19N7S. The fourth-order valence-electron chi connectivity index (χ4n) is 2.33. The summed E-state index contributed by atoms with van der Waals surface area (Å²) in [6.07, 6.45) is 4.17. The zero-order chi connectivity index (χ0) is 14.7. The van der Waals surface area contributed by atoms with Crippen LogP contribution in [0.1, 0.15) is 30.7 Å². The van der Waals surface area contributed by atoms with Gasteiger partial charge >= 0.3 is 0 Å². The van der Waals surface area contributed by atoms with Crippen LogP contribution in [0.25, 0.3) is 0 Å². The van der Waals surface area contributed by atoms with E-state index in [4.69, 9.17) is 5.73 Å². The smallest absolute Gasteiger partial charge is 0.231 e. The second kappa shape index (κ2) is 6.21. The lowest BCUT2D eigenvalue weighted by Crippen LogP contribution is -2.22. The summed E-state index contributed by atoms with van der Waals surface area (Å²) in [5.74, 6) is 1.77. The Kier molecular flexibility index (Phi) is 4.14. The molecule has 0 radical (unpaired) electrons. The summed E-state index contributed by atoms with van der Waals surface area (Å²) in [4.78, 5) is 19.3. The molecule has 21 heavy (non-hydrogen) atoms. The van der Waals surface area contributed by atoms with Crippen LogP contribution in [0.5, 0.6) is 0 Å². The number of thiazole rings is 1. The number of anilines is 3. The second-order valence-corrected chi connectivity index (χ2v) is 6.09. The van der Waals surface area contributed by atoms with Crippen LogP contribution in [0.3, 0.4) is 0 Å². The van der Waals surface area contributed by atoms with E-state index in [0.29, 0.717) is 17.8 Å². The fraction of sp³-hybridized carbons (Fsp3) is 0.538. The summed E-state index contributed by atoms with van der Waals surface area (Å²) in [5.41, 5.74) is 5.79. The molecule has 1 aliphatic heterocycles. The topological polar surface area (TPSA) is 92.8 Å². The Labute approximate surface area is 127 Å². The molecule has 0 aliphatic carbocycles. The predicted octanol–water partition coefficient (Wildman–Crippen LogP) is 1.73. The number of nitrogens with two attached hydrogens (primary N) is 1. The van der Waals surface area contributed by atoms with Crippen LogP contribution in [-0.4, -0.2) is 39.6 Å². The Morgan fingerprint density at radius 3 is 2.86 bits per heavy atom. The summed E-state index contributed by atoms with van der Waals surface area (Å²) in [5, 5.41) is 6.32. The molecule has 7 nitrogen and oxygen atoms in total. The Hall–Kier alpha value is -1.96. The lowest BCUT2D eigenvalue weighted by molar-refractivity contribution is 0.784. The van der Waals surface area contributed by atoms with Crippen molar-refractivity contribution in [2.24, 2.45) is 0 Å². The van der Waals surface area contributed by atoms with Crippen molar-refractivity contribution in [3.05, 3.63) is 16.6 Å². The maximum Gasteiger partial charge on any atom is 0.231 e. The van der Waals surface area contributed by atoms with E-state index in [1.807, 2.05) is 11.6 Å². The minimum atomic E-state index is 0.260. The second-order valence-electron chi connectivity index (χ2n) is 5.16. The molecule has 1 aliphatic rings. The Morgan fingerprint density at radius 1 is 1.33 bits per heavy atom. The average Bonchev–Trinajstić information content (AvgIpc) is 3.16. The van der Waals surface area contributed by atoms with Crippen molar-refractivity contribution in [3.63, 3.8) is 0 Å². The van der Waals surface area contributed by atoms with Crippen LogP contribution >= 0.6 is 11.3 Å². The van der Waals surface area contributed by atoms with Crippen molar-refractivity contribution in [3.8, 4) is 0 Å². The minimum Gasteiger partial charge on any atom is -0.368 e. The van der Waals surface area contributed by atoms with Crippen molar-refractivity contribution in [1.82, 2.24) is 19.9 Å². The summed E-state index contributed by atoms with van der Waals surface area (Å²) < 4.78 is 0. The maximum atomic E-state index is 5.79. The quantitative estimate of drug-likeness (QED) is 0.868. The van der Waals surface area contributed by atoms with Crippen molar-refractivity contribution in [1.29, 1.82) is 0 Å². The van der Waals surface area contributed by atoms with Crippen molar-refractivity contribution >= 4 is 29.2 Å². The number of nitrogens with one attached hydrogen (secondary N) is 1. The first-order valence-electron chi connectivity index (χ1n) is 7.12. The lowest BCUT2D eigenvalue weighted by Gasteiger charge is -2.16. The van der Waals surface area contributed by atoms with Gasteiger partial charge in [-0.15, -0.1) is 11.3 Å². The maximum absolute atomic E-state index is 5.79. The largest absolute Gasteiger partial charge is 0.368 e. The van der Waals surface area contributed by atoms with Gasteiger partial charge in [0.15, 0.2) is 0 Å². The van der Waals surface area contributed by atoms with Crippen LogP contribution in [0.4, 0.5) is 17.8 Å². The monoisotopic (exact) mass is 305 g/mol. The molecule has 0 spiro atoms. The standard InChI is InChI=1S/C13H19N7S/c1-9(10-15-4-7-21-10)8-16-12-17-11(14)18-13(19-12)20-5-2-3-6-20/h4,7,9H,2-3,5-6,8H2,1H3,(H3,14,16,17,18,19). The number of aromatic nitrogens is 4. The van der Waals surface area contributed by atoms with Crippen molar-refractivity contribution in [2.45, 2.75) is 25.7 Å². The zero-order valence-corrected chi connectivity index (χ0v) is 12.8. The Bertz CT molecular complexity index is 580. The molecule has 1 saturated heterocycles. The molecule has 0 bridgehead atoms. The van der Waals surface area contributed by atoms with E-state index in [0.717, 1.165) is 24.6 Å². The first-order chi connectivity index (χ1) is 10.2. The Morgan fingerprint density at radius 2 is 2.14 bits per heavy atom. The van der Waals surface area contributed by atoms with Gasteiger partial charge in [-0.1, -0.05) is 6.92 Å². The van der Waals surface area contributed by atoms with E-state index >= 15 is 0 Å². The molecular weight excluding hydrogens is 286 g/mol. The number of hydrogen-bond donors (Lipinski definition) is 2. The van der Waals surface area contributed by atoms with E-state index in [9.17, 15) is 0 Å². The molecule has 1 fully saturated rings. The van der Waals surface area contributed by atoms with Gasteiger partial charge in [-0.05, 0) is 12.8 Å². The number of nitrogen functional groups attached to an aromatic ring is 1. The minimum absolute atomic E-state index is 0.260. The summed E-state index contributed by atoms with van der Waals surface area (Å²) in [6, 6.07) is 0. The highest BCUT2D eigenvalue weighted by molar-refractivity contribution is 7.09. The van der Waals surface area contributed by atoms with Gasteiger partial charge in [0.2, 0.25) is 17.8 Å². The molecule has 0 amide bonds. The Balaban J connectivity index is 1.67. The highest BCUT2D eigenvalue weighted by Crippen LogP contribution is 2.20. The van der Waals surface area contributed by atoms with Gasteiger partial charge < -0.3 is 16.0 Å². The van der Waals surface area contributed by atoms with Crippen molar-refractivity contribution in [2.75, 3.05) is 35.6 Å². The molecule has 2 aromatic rings. The van der Waals surface area contributed by atoms with Gasteiger partial charge in [0.05, 0.1) is 5.01 Å².